The van der Waals surface area contributed by atoms with E-state index >= 15 is 0 Å². The fraction of sp³-hybridized carbons (Fsp3) is 0.889. The maximum absolute atomic E-state index is 11.6. The van der Waals surface area contributed by atoms with Crippen molar-refractivity contribution in [2.24, 2.45) is 0 Å². The van der Waals surface area contributed by atoms with E-state index in [-0.39, 0.29) is 116 Å². The summed E-state index contributed by atoms with van der Waals surface area (Å²) >= 11 is 0. The number of unbranched alkanes of at least 4 members (excludes halogenated alkanes) is 22. The number of carbonyl (C=O) groups excluding carboxylic acids is 4. The van der Waals surface area contributed by atoms with Gasteiger partial charge in [-0.1, -0.05) is 155 Å². The molecule has 0 aromatic carbocycles. The van der Waals surface area contributed by atoms with Gasteiger partial charge in [0.1, 0.15) is 0 Å². The predicted molar refractivity (Wildman–Crippen MR) is 194 cm³/mol. The average molecular weight is 865 g/mol. The fourth-order valence-electron chi connectivity index (χ4n) is 5.34. The smallest absolute Gasteiger partial charge is 0.550 e. The van der Waals surface area contributed by atoms with Gasteiger partial charge < -0.3 is 29.3 Å². The van der Waals surface area contributed by atoms with Crippen LogP contribution in [0.5, 0.6) is 0 Å². The first-order valence-electron chi connectivity index (χ1n) is 19.2. The van der Waals surface area contributed by atoms with Crippen molar-refractivity contribution >= 4 is 44.1 Å². The number of rotatable bonds is 34. The van der Waals surface area contributed by atoms with Crippen LogP contribution >= 0.6 is 0 Å². The predicted octanol–water partition coefficient (Wildman–Crippen LogP) is -0.738. The zero-order valence-electron chi connectivity index (χ0n) is 33.6. The van der Waals surface area contributed by atoms with E-state index in [1.54, 1.807) is 0 Å². The molecule has 0 saturated heterocycles. The molecule has 0 aliphatic heterocycles. The van der Waals surface area contributed by atoms with E-state index in [2.05, 4.69) is 13.8 Å². The van der Waals surface area contributed by atoms with Crippen molar-refractivity contribution in [3.05, 3.63) is 0 Å². The molecule has 14 nitrogen and oxygen atoms in total. The van der Waals surface area contributed by atoms with Crippen molar-refractivity contribution in [1.82, 2.24) is 0 Å². The summed E-state index contributed by atoms with van der Waals surface area (Å²) in [5.74, 6) is -5.98. The molecule has 2 atom stereocenters. The van der Waals surface area contributed by atoms with Crippen LogP contribution in [-0.4, -0.2) is 73.5 Å². The largest absolute Gasteiger partial charge is 1.00 e. The molecule has 0 aliphatic carbocycles. The molecule has 0 fully saturated rings. The molecular weight excluding hydrogens is 799 g/mol. The van der Waals surface area contributed by atoms with E-state index in [0.29, 0.717) is 12.8 Å². The number of carbonyl (C=O) groups is 4. The summed E-state index contributed by atoms with van der Waals surface area (Å²) in [5, 5.41) is 16.7. The molecule has 308 valence electrons. The van der Waals surface area contributed by atoms with Crippen LogP contribution in [0, 0.1) is 0 Å². The van der Waals surface area contributed by atoms with E-state index in [9.17, 15) is 46.2 Å². The number of esters is 2. The Morgan fingerprint density at radius 1 is 0.444 bits per heavy atom. The van der Waals surface area contributed by atoms with Crippen LogP contribution in [0.1, 0.15) is 181 Å². The number of hydrogen-bond donors (Lipinski definition) is 2. The third-order valence-electron chi connectivity index (χ3n) is 8.43. The molecule has 54 heavy (non-hydrogen) atoms. The maximum Gasteiger partial charge on any atom is 1.00 e. The van der Waals surface area contributed by atoms with Gasteiger partial charge >= 0.3 is 115 Å². The molecule has 0 radical (unpaired) electrons. The first kappa shape index (κ1) is 61.6. The Bertz CT molecular complexity index is 1080. The monoisotopic (exact) mass is 864 g/mol. The minimum Gasteiger partial charge on any atom is -0.550 e. The summed E-state index contributed by atoms with van der Waals surface area (Å²) in [6, 6.07) is 0. The summed E-state index contributed by atoms with van der Waals surface area (Å²) in [7, 11) is -9.64. The fourth-order valence-corrected chi connectivity index (χ4v) is 6.66. The van der Waals surface area contributed by atoms with Crippen molar-refractivity contribution in [2.45, 2.75) is 191 Å². The maximum atomic E-state index is 11.6. The van der Waals surface area contributed by atoms with Crippen molar-refractivity contribution in [3.8, 4) is 0 Å². The third kappa shape index (κ3) is 41.1. The van der Waals surface area contributed by atoms with Gasteiger partial charge in [-0.2, -0.15) is 16.8 Å². The van der Waals surface area contributed by atoms with Crippen LogP contribution in [0.4, 0.5) is 0 Å². The van der Waals surface area contributed by atoms with Gasteiger partial charge in [0, 0.05) is 24.8 Å². The van der Waals surface area contributed by atoms with Gasteiger partial charge in [0.05, 0.1) is 13.2 Å². The van der Waals surface area contributed by atoms with Gasteiger partial charge in [0.2, 0.25) is 0 Å². The first-order valence-corrected chi connectivity index (χ1v) is 22.2. The van der Waals surface area contributed by atoms with Crippen LogP contribution in [-0.2, 0) is 48.9 Å². The Morgan fingerprint density at radius 2 is 0.648 bits per heavy atom. The zero-order chi connectivity index (χ0) is 39.7. The van der Waals surface area contributed by atoms with Gasteiger partial charge in [0.15, 0.2) is 10.5 Å². The summed E-state index contributed by atoms with van der Waals surface area (Å²) in [6.07, 6.45) is 25.3. The van der Waals surface area contributed by atoms with Crippen LogP contribution in [0.25, 0.3) is 0 Å². The molecule has 18 heteroatoms. The molecule has 0 saturated carbocycles. The minimum absolute atomic E-state index is 0. The van der Waals surface area contributed by atoms with Crippen molar-refractivity contribution in [2.75, 3.05) is 13.2 Å². The molecule has 0 aromatic rings. The standard InChI is InChI=1S/2C18H34O7S.2K/c2*1-2-3-4-5-6-7-8-9-10-11-12-13-14-25-18(21)16(15-17(19)20)26(22,23)24;;/h2*16H,2-15H2,1H3,(H,19,20)(H,22,23,24);;/q;;2*+1/p-2. The van der Waals surface area contributed by atoms with Gasteiger partial charge in [0.25, 0.3) is 20.2 Å². The van der Waals surface area contributed by atoms with E-state index in [1.807, 2.05) is 0 Å². The van der Waals surface area contributed by atoms with Crippen molar-refractivity contribution < 1.29 is 168 Å². The van der Waals surface area contributed by atoms with Crippen molar-refractivity contribution in [3.63, 3.8) is 0 Å². The van der Waals surface area contributed by atoms with E-state index < -0.39 is 67.5 Å². The summed E-state index contributed by atoms with van der Waals surface area (Å²) < 4.78 is 71.3. The number of hydrogen-bond acceptors (Lipinski definition) is 12. The van der Waals surface area contributed by atoms with Crippen LogP contribution in [0.3, 0.4) is 0 Å². The Hall–Kier alpha value is 0.973. The molecule has 0 aliphatic rings. The second-order valence-electron chi connectivity index (χ2n) is 13.3. The number of carboxylic acids is 2. The molecule has 0 rings (SSSR count). The minimum atomic E-state index is -4.82. The second kappa shape index (κ2) is 40.7. The quantitative estimate of drug-likeness (QED) is 0.0351. The van der Waals surface area contributed by atoms with Gasteiger partial charge in [-0.25, -0.2) is 0 Å². The molecule has 0 spiro atoms. The Labute approximate surface area is 410 Å². The molecule has 0 aromatic heterocycles. The number of carboxylic acid groups (broad SMARTS) is 2. The number of aliphatic carboxylic acids is 2. The Morgan fingerprint density at radius 3 is 0.833 bits per heavy atom. The molecular formula is C36H66K2O14S2. The van der Waals surface area contributed by atoms with E-state index in [0.717, 1.165) is 38.5 Å². The van der Waals surface area contributed by atoms with Crippen LogP contribution in [0.15, 0.2) is 0 Å². The SMILES string of the molecule is CCCCCCCCCCCCCCOC(=O)C(CC(=O)[O-])S(=O)(=O)O.CCCCCCCCCCCCCCOC(=O)C(CC(=O)[O-])S(=O)(=O)O.[K+].[K+]. The molecule has 2 unspecified atom stereocenters. The van der Waals surface area contributed by atoms with E-state index in [4.69, 9.17) is 18.6 Å². The molecule has 2 N–H and O–H groups in total. The van der Waals surface area contributed by atoms with Gasteiger partial charge in [-0.05, 0) is 12.8 Å². The molecule has 0 bridgehead atoms. The second-order valence-corrected chi connectivity index (χ2v) is 16.5. The Kier molecular flexibility index (Phi) is 46.5. The average Bonchev–Trinajstić information content (AvgIpc) is 3.05. The summed E-state index contributed by atoms with van der Waals surface area (Å²) in [4.78, 5) is 44.1. The Balaban J connectivity index is -0.000000446. The third-order valence-corrected chi connectivity index (χ3v) is 10.6. The first-order chi connectivity index (χ1) is 24.6. The number of ether oxygens (including phenoxy) is 2. The van der Waals surface area contributed by atoms with Crippen LogP contribution in [0.2, 0.25) is 0 Å². The van der Waals surface area contributed by atoms with Gasteiger partial charge in [-0.3, -0.25) is 18.7 Å². The van der Waals surface area contributed by atoms with Gasteiger partial charge in [-0.15, -0.1) is 0 Å². The van der Waals surface area contributed by atoms with E-state index in [1.165, 1.54) is 103 Å². The van der Waals surface area contributed by atoms with Crippen molar-refractivity contribution in [1.29, 1.82) is 0 Å². The summed E-state index contributed by atoms with van der Waals surface area (Å²) in [5.41, 5.74) is 0. The zero-order valence-corrected chi connectivity index (χ0v) is 41.4. The van der Waals surface area contributed by atoms with Crippen LogP contribution < -0.4 is 113 Å². The topological polar surface area (TPSA) is 242 Å². The normalized spacial score (nSPS) is 12.2. The summed E-state index contributed by atoms with van der Waals surface area (Å²) in [6.45, 7) is 4.44. The molecule has 0 heterocycles. The molecule has 0 amide bonds.